The summed E-state index contributed by atoms with van der Waals surface area (Å²) in [7, 11) is 0. The molecule has 0 heterocycles. The van der Waals surface area contributed by atoms with E-state index in [4.69, 9.17) is 16.6 Å². The summed E-state index contributed by atoms with van der Waals surface area (Å²) >= 11 is 0. The van der Waals surface area contributed by atoms with E-state index in [-0.39, 0.29) is 18.7 Å². The summed E-state index contributed by atoms with van der Waals surface area (Å²) in [5, 5.41) is 8.63. The van der Waals surface area contributed by atoms with Gasteiger partial charge in [0.25, 0.3) is 0 Å². The highest BCUT2D eigenvalue weighted by atomic mass is 16.4. The Hall–Kier alpha value is -1.72. The highest BCUT2D eigenvalue weighted by Crippen LogP contribution is 2.07. The molecule has 0 saturated heterocycles. The van der Waals surface area contributed by atoms with E-state index in [1.165, 1.54) is 0 Å². The summed E-state index contributed by atoms with van der Waals surface area (Å²) in [5.74, 6) is -1.18. The molecule has 5 nitrogen and oxygen atoms in total. The number of rotatable bonds is 5. The second-order valence-electron chi connectivity index (χ2n) is 3.47. The quantitative estimate of drug-likeness (QED) is 0.597. The number of carbonyl (C=O) groups is 2. The first-order valence-corrected chi connectivity index (χ1v) is 4.85. The Morgan fingerprint density at radius 1 is 1.25 bits per heavy atom. The van der Waals surface area contributed by atoms with Gasteiger partial charge in [0.15, 0.2) is 5.78 Å². The second kappa shape index (κ2) is 5.39. The van der Waals surface area contributed by atoms with Crippen LogP contribution in [0.15, 0.2) is 24.3 Å². The van der Waals surface area contributed by atoms with Crippen molar-refractivity contribution in [2.75, 3.05) is 6.54 Å². The summed E-state index contributed by atoms with van der Waals surface area (Å²) in [4.78, 5) is 21.7. The van der Waals surface area contributed by atoms with Crippen molar-refractivity contribution in [2.45, 2.75) is 12.5 Å². The number of benzene rings is 1. The number of Topliss-reactive ketones (excluding diaryl/α,β-unsaturated/α-hetero) is 1. The van der Waals surface area contributed by atoms with Crippen LogP contribution in [0.1, 0.15) is 15.9 Å². The minimum Gasteiger partial charge on any atom is -0.480 e. The van der Waals surface area contributed by atoms with E-state index in [1.807, 2.05) is 0 Å². The third-order valence-electron chi connectivity index (χ3n) is 2.23. The molecule has 1 atom stereocenters. The van der Waals surface area contributed by atoms with E-state index in [2.05, 4.69) is 0 Å². The Labute approximate surface area is 93.1 Å². The van der Waals surface area contributed by atoms with E-state index >= 15 is 0 Å². The van der Waals surface area contributed by atoms with Crippen LogP contribution >= 0.6 is 0 Å². The fourth-order valence-electron chi connectivity index (χ4n) is 1.29. The van der Waals surface area contributed by atoms with Gasteiger partial charge >= 0.3 is 5.97 Å². The van der Waals surface area contributed by atoms with E-state index in [0.717, 1.165) is 5.56 Å². The van der Waals surface area contributed by atoms with E-state index in [9.17, 15) is 9.59 Å². The number of hydrogen-bond donors (Lipinski definition) is 3. The van der Waals surface area contributed by atoms with Crippen LogP contribution in [0, 0.1) is 0 Å². The number of hydrogen-bond acceptors (Lipinski definition) is 4. The molecule has 5 N–H and O–H groups in total. The highest BCUT2D eigenvalue weighted by molar-refractivity contribution is 5.97. The molecule has 0 fully saturated rings. The normalized spacial score (nSPS) is 12.1. The molecule has 1 rings (SSSR count). The second-order valence-corrected chi connectivity index (χ2v) is 3.47. The van der Waals surface area contributed by atoms with Gasteiger partial charge in [-0.3, -0.25) is 9.59 Å². The molecule has 1 aromatic carbocycles. The molecular weight excluding hydrogens is 208 g/mol. The molecule has 0 radical (unpaired) electrons. The molecule has 16 heavy (non-hydrogen) atoms. The summed E-state index contributed by atoms with van der Waals surface area (Å²) < 4.78 is 0. The van der Waals surface area contributed by atoms with Crippen molar-refractivity contribution in [1.82, 2.24) is 0 Å². The van der Waals surface area contributed by atoms with Crippen molar-refractivity contribution >= 4 is 11.8 Å². The maximum atomic E-state index is 11.2. The van der Waals surface area contributed by atoms with Crippen LogP contribution in [-0.4, -0.2) is 29.4 Å². The Balaban J connectivity index is 2.72. The minimum absolute atomic E-state index is 0.0337. The van der Waals surface area contributed by atoms with Gasteiger partial charge in [0.2, 0.25) is 0 Å². The predicted molar refractivity (Wildman–Crippen MR) is 59.1 cm³/mol. The highest BCUT2D eigenvalue weighted by Gasteiger charge is 2.12. The molecule has 86 valence electrons. The predicted octanol–water partition coefficient (Wildman–Crippen LogP) is -0.218. The lowest BCUT2D eigenvalue weighted by Gasteiger charge is -2.06. The van der Waals surface area contributed by atoms with Crippen LogP contribution in [0.3, 0.4) is 0 Å². The molecule has 0 aromatic heterocycles. The number of carboxylic acids is 1. The van der Waals surface area contributed by atoms with Gasteiger partial charge in [0.1, 0.15) is 6.04 Å². The Kier molecular flexibility index (Phi) is 4.16. The third kappa shape index (κ3) is 3.15. The van der Waals surface area contributed by atoms with E-state index in [0.29, 0.717) is 5.56 Å². The Morgan fingerprint density at radius 3 is 2.25 bits per heavy atom. The maximum absolute atomic E-state index is 11.2. The lowest BCUT2D eigenvalue weighted by atomic mass is 10.0. The van der Waals surface area contributed by atoms with Gasteiger partial charge in [0, 0.05) is 5.56 Å². The summed E-state index contributed by atoms with van der Waals surface area (Å²) in [6.45, 7) is -0.0337. The van der Waals surface area contributed by atoms with E-state index in [1.54, 1.807) is 24.3 Å². The van der Waals surface area contributed by atoms with Crippen LogP contribution in [0.5, 0.6) is 0 Å². The van der Waals surface area contributed by atoms with Gasteiger partial charge in [-0.2, -0.15) is 0 Å². The lowest BCUT2D eigenvalue weighted by Crippen LogP contribution is -2.32. The SMILES string of the molecule is NCC(=O)c1ccc(CC(N)C(=O)O)cc1. The fourth-order valence-corrected chi connectivity index (χ4v) is 1.29. The Bertz CT molecular complexity index is 387. The van der Waals surface area contributed by atoms with Gasteiger partial charge < -0.3 is 16.6 Å². The van der Waals surface area contributed by atoms with Gasteiger partial charge in [-0.1, -0.05) is 24.3 Å². The molecule has 0 bridgehead atoms. The first-order chi connectivity index (χ1) is 7.54. The van der Waals surface area contributed by atoms with Crippen molar-refractivity contribution in [3.05, 3.63) is 35.4 Å². The molecule has 1 aromatic rings. The first-order valence-electron chi connectivity index (χ1n) is 4.85. The van der Waals surface area contributed by atoms with Crippen LogP contribution in [0.25, 0.3) is 0 Å². The molecule has 0 spiro atoms. The largest absolute Gasteiger partial charge is 0.480 e. The van der Waals surface area contributed by atoms with Crippen molar-refractivity contribution in [3.63, 3.8) is 0 Å². The molecule has 0 aliphatic rings. The third-order valence-corrected chi connectivity index (χ3v) is 2.23. The number of ketones is 1. The van der Waals surface area contributed by atoms with Gasteiger partial charge in [-0.15, -0.1) is 0 Å². The molecule has 5 heteroatoms. The van der Waals surface area contributed by atoms with Crippen LogP contribution in [0.4, 0.5) is 0 Å². The molecule has 0 saturated carbocycles. The van der Waals surface area contributed by atoms with Gasteiger partial charge in [-0.25, -0.2) is 0 Å². The zero-order chi connectivity index (χ0) is 12.1. The Morgan fingerprint density at radius 2 is 1.81 bits per heavy atom. The van der Waals surface area contributed by atoms with Crippen LogP contribution in [-0.2, 0) is 11.2 Å². The number of aliphatic carboxylic acids is 1. The van der Waals surface area contributed by atoms with Crippen molar-refractivity contribution < 1.29 is 14.7 Å². The lowest BCUT2D eigenvalue weighted by molar-refractivity contribution is -0.138. The minimum atomic E-state index is -1.04. The average Bonchev–Trinajstić information content (AvgIpc) is 2.28. The molecule has 0 aliphatic heterocycles. The molecule has 0 aliphatic carbocycles. The van der Waals surface area contributed by atoms with Gasteiger partial charge in [-0.05, 0) is 12.0 Å². The van der Waals surface area contributed by atoms with Crippen molar-refractivity contribution in [3.8, 4) is 0 Å². The molecular formula is C11H14N2O3. The molecule has 0 amide bonds. The zero-order valence-electron chi connectivity index (χ0n) is 8.72. The monoisotopic (exact) mass is 222 g/mol. The molecule has 1 unspecified atom stereocenters. The van der Waals surface area contributed by atoms with Gasteiger partial charge in [0.05, 0.1) is 6.54 Å². The van der Waals surface area contributed by atoms with Crippen molar-refractivity contribution in [1.29, 1.82) is 0 Å². The summed E-state index contributed by atoms with van der Waals surface area (Å²) in [6.07, 6.45) is 0.242. The standard InChI is InChI=1S/C11H14N2O3/c12-6-10(14)8-3-1-7(2-4-8)5-9(13)11(15)16/h1-4,9H,5-6,12-13H2,(H,15,16). The average molecular weight is 222 g/mol. The number of nitrogens with two attached hydrogens (primary N) is 2. The summed E-state index contributed by atoms with van der Waals surface area (Å²) in [5.41, 5.74) is 11.9. The van der Waals surface area contributed by atoms with Crippen molar-refractivity contribution in [2.24, 2.45) is 11.5 Å². The number of carboxylic acid groups (broad SMARTS) is 1. The van der Waals surface area contributed by atoms with Crippen LogP contribution in [0.2, 0.25) is 0 Å². The topological polar surface area (TPSA) is 106 Å². The fraction of sp³-hybridized carbons (Fsp3) is 0.273. The number of carbonyl (C=O) groups excluding carboxylic acids is 1. The maximum Gasteiger partial charge on any atom is 0.320 e. The van der Waals surface area contributed by atoms with E-state index < -0.39 is 12.0 Å². The summed E-state index contributed by atoms with van der Waals surface area (Å²) in [6, 6.07) is 5.70. The zero-order valence-corrected chi connectivity index (χ0v) is 8.72. The van der Waals surface area contributed by atoms with Crippen LogP contribution < -0.4 is 11.5 Å². The smallest absolute Gasteiger partial charge is 0.320 e. The first kappa shape index (κ1) is 12.4.